The first-order chi connectivity index (χ1) is 15.0. The fraction of sp³-hybridized carbons (Fsp3) is 0.320. The molecule has 0 saturated carbocycles. The first-order valence-corrected chi connectivity index (χ1v) is 10.6. The lowest BCUT2D eigenvalue weighted by atomic mass is 9.89. The van der Waals surface area contributed by atoms with Crippen LogP contribution in [0.1, 0.15) is 51.9 Å². The summed E-state index contributed by atoms with van der Waals surface area (Å²) in [4.78, 5) is 27.9. The van der Waals surface area contributed by atoms with Crippen LogP contribution in [-0.4, -0.2) is 34.8 Å². The van der Waals surface area contributed by atoms with E-state index >= 15 is 0 Å². The number of carbonyl (C=O) groups excluding carboxylic acids is 2. The van der Waals surface area contributed by atoms with Crippen molar-refractivity contribution in [2.45, 2.75) is 33.1 Å². The Bertz CT molecular complexity index is 1110. The van der Waals surface area contributed by atoms with Crippen molar-refractivity contribution in [1.29, 1.82) is 0 Å². The number of hydrogen-bond acceptors (Lipinski definition) is 4. The molecule has 0 radical (unpaired) electrons. The molecule has 1 aliphatic rings. The molecule has 5 nitrogen and oxygen atoms in total. The van der Waals surface area contributed by atoms with Crippen molar-refractivity contribution in [1.82, 2.24) is 10.1 Å². The molecule has 1 saturated heterocycles. The van der Waals surface area contributed by atoms with Gasteiger partial charge in [-0.1, -0.05) is 54.5 Å². The maximum absolute atomic E-state index is 14.7. The molecule has 1 aromatic heterocycles. The number of carbonyl (C=O) groups is 2. The zero-order valence-corrected chi connectivity index (χ0v) is 17.7. The number of halogens is 1. The zero-order chi connectivity index (χ0) is 22.0. The molecule has 31 heavy (non-hydrogen) atoms. The summed E-state index contributed by atoms with van der Waals surface area (Å²) < 4.78 is 19.9. The summed E-state index contributed by atoms with van der Waals surface area (Å²) in [5, 5.41) is 3.96. The van der Waals surface area contributed by atoms with E-state index in [-0.39, 0.29) is 17.6 Å². The van der Waals surface area contributed by atoms with Crippen LogP contribution in [0.15, 0.2) is 53.1 Å². The quantitative estimate of drug-likeness (QED) is 0.540. The van der Waals surface area contributed by atoms with Crippen molar-refractivity contribution in [3.63, 3.8) is 0 Å². The summed E-state index contributed by atoms with van der Waals surface area (Å²) in [6.45, 7) is 4.54. The van der Waals surface area contributed by atoms with E-state index in [1.54, 1.807) is 24.0 Å². The number of rotatable bonds is 5. The zero-order valence-electron chi connectivity index (χ0n) is 17.7. The average Bonchev–Trinajstić information content (AvgIpc) is 3.19. The summed E-state index contributed by atoms with van der Waals surface area (Å²) in [6, 6.07) is 13.9. The maximum atomic E-state index is 14.7. The van der Waals surface area contributed by atoms with Crippen LogP contribution < -0.4 is 0 Å². The number of benzene rings is 2. The Morgan fingerprint density at radius 3 is 2.68 bits per heavy atom. The lowest BCUT2D eigenvalue weighted by molar-refractivity contribution is 0.0634. The van der Waals surface area contributed by atoms with E-state index in [1.807, 2.05) is 37.3 Å². The molecule has 0 spiro atoms. The van der Waals surface area contributed by atoms with Gasteiger partial charge in [0.25, 0.3) is 5.91 Å². The molecule has 0 N–H and O–H groups in total. The van der Waals surface area contributed by atoms with Gasteiger partial charge in [0.05, 0.1) is 5.69 Å². The third kappa shape index (κ3) is 4.15. The standard InChI is InChI=1S/C25H25FN2O3/c1-3-22-23(16(2)31-27-22)25(30)28-13-7-10-19(15-28)24(29)18-11-12-20(21(26)14-18)17-8-5-4-6-9-17/h4-6,8-9,11-12,14,19H,3,7,10,13,15H2,1-2H3/t19-/m0/s1. The first-order valence-electron chi connectivity index (χ1n) is 10.6. The summed E-state index contributed by atoms with van der Waals surface area (Å²) in [5.74, 6) is -0.570. The normalized spacial score (nSPS) is 16.4. The highest BCUT2D eigenvalue weighted by molar-refractivity contribution is 6.00. The molecule has 2 heterocycles. The van der Waals surface area contributed by atoms with Gasteiger partial charge >= 0.3 is 0 Å². The van der Waals surface area contributed by atoms with E-state index in [4.69, 9.17) is 4.52 Å². The number of amides is 1. The van der Waals surface area contributed by atoms with Gasteiger partial charge in [-0.15, -0.1) is 0 Å². The van der Waals surface area contributed by atoms with Crippen LogP contribution in [0.2, 0.25) is 0 Å². The molecule has 0 bridgehead atoms. The number of Topliss-reactive ketones (excluding diaryl/α,β-unsaturated/α-hetero) is 1. The number of ketones is 1. The lowest BCUT2D eigenvalue weighted by Gasteiger charge is -2.32. The molecule has 3 aromatic rings. The van der Waals surface area contributed by atoms with Crippen LogP contribution in [0.4, 0.5) is 4.39 Å². The predicted octanol–water partition coefficient (Wildman–Crippen LogP) is 5.09. The van der Waals surface area contributed by atoms with Gasteiger partial charge in [-0.3, -0.25) is 9.59 Å². The van der Waals surface area contributed by atoms with Crippen molar-refractivity contribution in [2.24, 2.45) is 5.92 Å². The van der Waals surface area contributed by atoms with Crippen LogP contribution in [-0.2, 0) is 6.42 Å². The van der Waals surface area contributed by atoms with Crippen LogP contribution in [0.25, 0.3) is 11.1 Å². The molecular weight excluding hydrogens is 395 g/mol. The summed E-state index contributed by atoms with van der Waals surface area (Å²) in [7, 11) is 0. The number of aryl methyl sites for hydroxylation is 2. The van der Waals surface area contributed by atoms with Crippen LogP contribution >= 0.6 is 0 Å². The fourth-order valence-electron chi connectivity index (χ4n) is 4.22. The highest BCUT2D eigenvalue weighted by Crippen LogP contribution is 2.27. The van der Waals surface area contributed by atoms with Crippen LogP contribution in [0.3, 0.4) is 0 Å². The minimum absolute atomic E-state index is 0.131. The van der Waals surface area contributed by atoms with Crippen molar-refractivity contribution in [3.05, 3.63) is 76.9 Å². The highest BCUT2D eigenvalue weighted by Gasteiger charge is 2.32. The van der Waals surface area contributed by atoms with E-state index in [9.17, 15) is 14.0 Å². The van der Waals surface area contributed by atoms with Crippen LogP contribution in [0.5, 0.6) is 0 Å². The number of hydrogen-bond donors (Lipinski definition) is 0. The minimum atomic E-state index is -0.423. The Hall–Kier alpha value is -3.28. The van der Waals surface area contributed by atoms with E-state index in [1.165, 1.54) is 6.07 Å². The van der Waals surface area contributed by atoms with E-state index in [0.29, 0.717) is 54.1 Å². The second kappa shape index (κ2) is 8.84. The Kier molecular flexibility index (Phi) is 5.98. The van der Waals surface area contributed by atoms with Gasteiger partial charge in [0.15, 0.2) is 5.78 Å². The summed E-state index contributed by atoms with van der Waals surface area (Å²) in [6.07, 6.45) is 1.99. The molecule has 1 amide bonds. The van der Waals surface area contributed by atoms with Crippen molar-refractivity contribution < 1.29 is 18.5 Å². The van der Waals surface area contributed by atoms with Gasteiger partial charge in [0, 0.05) is 30.1 Å². The van der Waals surface area contributed by atoms with Crippen LogP contribution in [0, 0.1) is 18.7 Å². The van der Waals surface area contributed by atoms with Crippen molar-refractivity contribution in [3.8, 4) is 11.1 Å². The fourth-order valence-corrected chi connectivity index (χ4v) is 4.22. The average molecular weight is 420 g/mol. The SMILES string of the molecule is CCc1noc(C)c1C(=O)N1CCC[C@H](C(=O)c2ccc(-c3ccccc3)c(F)c2)C1. The molecule has 0 unspecified atom stereocenters. The monoisotopic (exact) mass is 420 g/mol. The second-order valence-electron chi connectivity index (χ2n) is 7.93. The van der Waals surface area contributed by atoms with E-state index < -0.39 is 5.82 Å². The van der Waals surface area contributed by atoms with Gasteiger partial charge in [-0.25, -0.2) is 4.39 Å². The number of likely N-dealkylation sites (tertiary alicyclic amines) is 1. The highest BCUT2D eigenvalue weighted by atomic mass is 19.1. The molecular formula is C25H25FN2O3. The maximum Gasteiger partial charge on any atom is 0.259 e. The Morgan fingerprint density at radius 1 is 1.19 bits per heavy atom. The largest absolute Gasteiger partial charge is 0.361 e. The second-order valence-corrected chi connectivity index (χ2v) is 7.93. The third-order valence-corrected chi connectivity index (χ3v) is 5.90. The Morgan fingerprint density at radius 2 is 1.97 bits per heavy atom. The number of piperidine rings is 1. The van der Waals surface area contributed by atoms with Crippen molar-refractivity contribution >= 4 is 11.7 Å². The summed E-state index contributed by atoms with van der Waals surface area (Å²) >= 11 is 0. The molecule has 1 aliphatic heterocycles. The third-order valence-electron chi connectivity index (χ3n) is 5.90. The molecule has 1 fully saturated rings. The topological polar surface area (TPSA) is 63.4 Å². The van der Waals surface area contributed by atoms with Gasteiger partial charge < -0.3 is 9.42 Å². The molecule has 0 aliphatic carbocycles. The van der Waals surface area contributed by atoms with E-state index in [2.05, 4.69) is 5.16 Å². The first kappa shape index (κ1) is 21.0. The number of aromatic nitrogens is 1. The van der Waals surface area contributed by atoms with E-state index in [0.717, 1.165) is 12.0 Å². The molecule has 4 rings (SSSR count). The molecule has 160 valence electrons. The van der Waals surface area contributed by atoms with Gasteiger partial charge in [-0.05, 0) is 37.8 Å². The smallest absolute Gasteiger partial charge is 0.259 e. The van der Waals surface area contributed by atoms with Gasteiger partial charge in [0.1, 0.15) is 17.1 Å². The lowest BCUT2D eigenvalue weighted by Crippen LogP contribution is -2.42. The Balaban J connectivity index is 1.52. The predicted molar refractivity (Wildman–Crippen MR) is 115 cm³/mol. The van der Waals surface area contributed by atoms with Gasteiger partial charge in [-0.2, -0.15) is 0 Å². The minimum Gasteiger partial charge on any atom is -0.361 e. The van der Waals surface area contributed by atoms with Gasteiger partial charge in [0.2, 0.25) is 0 Å². The summed E-state index contributed by atoms with van der Waals surface area (Å²) in [5.41, 5.74) is 2.70. The molecule has 2 aromatic carbocycles. The molecule has 6 heteroatoms. The molecule has 1 atom stereocenters. The van der Waals surface area contributed by atoms with Crippen molar-refractivity contribution in [2.75, 3.05) is 13.1 Å². The number of nitrogens with zero attached hydrogens (tertiary/aromatic N) is 2. The Labute approximate surface area is 180 Å².